The number of benzene rings is 2. The molecule has 0 spiro atoms. The Balaban J connectivity index is 0.00000337. The molecule has 0 aliphatic carbocycles. The van der Waals surface area contributed by atoms with E-state index < -0.39 is 37.8 Å². The van der Waals surface area contributed by atoms with Gasteiger partial charge in [-0.15, -0.1) is 0 Å². The van der Waals surface area contributed by atoms with E-state index in [4.69, 9.17) is 9.15 Å². The van der Waals surface area contributed by atoms with E-state index in [9.17, 15) is 26.4 Å². The van der Waals surface area contributed by atoms with Crippen LogP contribution in [0.2, 0.25) is 0 Å². The second kappa shape index (κ2) is 12.3. The minimum Gasteiger partial charge on any atom is -0.422 e. The van der Waals surface area contributed by atoms with Crippen molar-refractivity contribution in [2.75, 3.05) is 58.3 Å². The highest BCUT2D eigenvalue weighted by molar-refractivity contribution is 7.90. The Hall–Kier alpha value is -3.57. The zero-order valence-electron chi connectivity index (χ0n) is 23.5. The van der Waals surface area contributed by atoms with Gasteiger partial charge in [-0.1, -0.05) is 12.1 Å². The van der Waals surface area contributed by atoms with Crippen LogP contribution in [0.5, 0.6) is 5.75 Å². The highest BCUT2D eigenvalue weighted by Gasteiger charge is 2.26. The van der Waals surface area contributed by atoms with E-state index in [1.165, 1.54) is 54.6 Å². The molecule has 0 saturated carbocycles. The van der Waals surface area contributed by atoms with Crippen LogP contribution >= 0.6 is 0 Å². The fraction of sp³-hybridized carbons (Fsp3) is 0.385. The van der Waals surface area contributed by atoms with Crippen molar-refractivity contribution in [2.24, 2.45) is 0 Å². The molecular formula is C26H36FN5O8S2. The molecule has 1 aliphatic heterocycles. The first-order valence-electron chi connectivity index (χ1n) is 12.8. The van der Waals surface area contributed by atoms with Crippen molar-refractivity contribution in [1.82, 2.24) is 18.8 Å². The quantitative estimate of drug-likeness (QED) is 0.338. The average Bonchev–Trinajstić information content (AvgIpc) is 2.92. The fourth-order valence-corrected chi connectivity index (χ4v) is 5.90. The Kier molecular flexibility index (Phi) is 9.22. The molecular weight excluding hydrogens is 593 g/mol. The number of rotatable bonds is 9. The number of ether oxygens (including phenoxy) is 1. The van der Waals surface area contributed by atoms with Crippen molar-refractivity contribution in [3.05, 3.63) is 69.3 Å². The van der Waals surface area contributed by atoms with Crippen molar-refractivity contribution in [1.29, 1.82) is 0 Å². The van der Waals surface area contributed by atoms with E-state index in [1.54, 1.807) is 12.1 Å². The Labute approximate surface area is 246 Å². The van der Waals surface area contributed by atoms with Crippen LogP contribution < -0.4 is 19.8 Å². The van der Waals surface area contributed by atoms with Crippen molar-refractivity contribution >= 4 is 43.0 Å². The van der Waals surface area contributed by atoms with E-state index in [0.717, 1.165) is 6.26 Å². The Morgan fingerprint density at radius 2 is 1.79 bits per heavy atom. The molecule has 13 nitrogen and oxygen atoms in total. The molecule has 16 heteroatoms. The zero-order valence-corrected chi connectivity index (χ0v) is 25.1. The third kappa shape index (κ3) is 7.25. The van der Waals surface area contributed by atoms with Crippen LogP contribution in [0.25, 0.3) is 11.0 Å². The van der Waals surface area contributed by atoms with E-state index in [1.807, 2.05) is 4.90 Å². The number of sulfonamides is 1. The van der Waals surface area contributed by atoms with Gasteiger partial charge in [0.05, 0.1) is 11.9 Å². The van der Waals surface area contributed by atoms with E-state index >= 15 is 4.39 Å². The van der Waals surface area contributed by atoms with Gasteiger partial charge in [-0.05, 0) is 29.3 Å². The Bertz CT molecular complexity index is 1780. The van der Waals surface area contributed by atoms with Gasteiger partial charge in [-0.3, -0.25) is 9.62 Å². The summed E-state index contributed by atoms with van der Waals surface area (Å²) in [6, 6.07) is 8.76. The van der Waals surface area contributed by atoms with E-state index in [2.05, 4.69) is 9.44 Å². The van der Waals surface area contributed by atoms with Crippen LogP contribution in [0.3, 0.4) is 0 Å². The predicted octanol–water partition coefficient (Wildman–Crippen LogP) is 2.03. The highest BCUT2D eigenvalue weighted by atomic mass is 32.2. The van der Waals surface area contributed by atoms with Gasteiger partial charge >= 0.3 is 11.7 Å². The Morgan fingerprint density at radius 3 is 2.40 bits per heavy atom. The zero-order chi connectivity index (χ0) is 30.8. The van der Waals surface area contributed by atoms with Crippen molar-refractivity contribution in [3.8, 4) is 5.75 Å². The molecule has 2 aromatic carbocycles. The second-order valence-electron chi connectivity index (χ2n) is 9.97. The summed E-state index contributed by atoms with van der Waals surface area (Å²) in [7, 11) is -3.12. The molecule has 0 bridgehead atoms. The number of anilines is 1. The standard InChI is InChI=1S/C26H32FN5O8S2.2H2/c1-28-42(37,38)29-22-7-5-6-17(24(22)27)14-20-21(16-31-10-12-32(13-11-31)41(4,35)36)19-9-8-18(39-26(34)30(2)3)15-23(19)40-25(20)33;;/h5-9,15,28-29H,10-14,16H2,1-4H3;2*1H. The number of nitrogens with zero attached hydrogens (tertiary/aromatic N) is 3. The van der Waals surface area contributed by atoms with Crippen molar-refractivity contribution in [3.63, 3.8) is 0 Å². The van der Waals surface area contributed by atoms with Crippen LogP contribution in [0.4, 0.5) is 14.9 Å². The average molecular weight is 630 g/mol. The molecule has 2 N–H and O–H groups in total. The lowest BCUT2D eigenvalue weighted by molar-refractivity contribution is 0.172. The molecule has 0 atom stereocenters. The molecule has 1 aliphatic rings. The molecule has 1 aromatic heterocycles. The van der Waals surface area contributed by atoms with Gasteiger partial charge in [0, 0.05) is 80.2 Å². The van der Waals surface area contributed by atoms with Crippen molar-refractivity contribution < 1.29 is 38.0 Å². The van der Waals surface area contributed by atoms with Gasteiger partial charge in [-0.2, -0.15) is 12.7 Å². The lowest BCUT2D eigenvalue weighted by Crippen LogP contribution is -2.48. The molecule has 232 valence electrons. The molecule has 0 unspecified atom stereocenters. The van der Waals surface area contributed by atoms with Crippen LogP contribution in [0.1, 0.15) is 19.5 Å². The fourth-order valence-electron chi connectivity index (χ4n) is 4.52. The third-order valence-electron chi connectivity index (χ3n) is 6.80. The molecule has 0 radical (unpaired) electrons. The maximum absolute atomic E-state index is 15.4. The summed E-state index contributed by atoms with van der Waals surface area (Å²) < 4.78 is 79.7. The molecule has 1 fully saturated rings. The third-order valence-corrected chi connectivity index (χ3v) is 9.13. The molecule has 2 heterocycles. The minimum absolute atomic E-state index is 0. The summed E-state index contributed by atoms with van der Waals surface area (Å²) in [5.41, 5.74) is -0.160. The topological polar surface area (TPSA) is 159 Å². The second-order valence-corrected chi connectivity index (χ2v) is 13.6. The molecule has 42 heavy (non-hydrogen) atoms. The van der Waals surface area contributed by atoms with Gasteiger partial charge in [0.15, 0.2) is 5.82 Å². The minimum atomic E-state index is -3.99. The lowest BCUT2D eigenvalue weighted by Gasteiger charge is -2.33. The first-order chi connectivity index (χ1) is 19.7. The summed E-state index contributed by atoms with van der Waals surface area (Å²) in [6.45, 7) is 1.53. The lowest BCUT2D eigenvalue weighted by atomic mass is 9.97. The van der Waals surface area contributed by atoms with Gasteiger partial charge in [0.25, 0.3) is 10.2 Å². The monoisotopic (exact) mass is 629 g/mol. The van der Waals surface area contributed by atoms with Gasteiger partial charge < -0.3 is 14.1 Å². The summed E-state index contributed by atoms with van der Waals surface area (Å²) in [4.78, 5) is 28.6. The largest absolute Gasteiger partial charge is 0.422 e. The normalized spacial score (nSPS) is 15.1. The first-order valence-corrected chi connectivity index (χ1v) is 16.2. The highest BCUT2D eigenvalue weighted by Crippen LogP contribution is 2.29. The molecule has 1 amide bonds. The van der Waals surface area contributed by atoms with Crippen LogP contribution in [0.15, 0.2) is 45.6 Å². The molecule has 4 rings (SSSR count). The maximum atomic E-state index is 15.4. The van der Waals surface area contributed by atoms with Crippen LogP contribution in [-0.2, 0) is 33.2 Å². The van der Waals surface area contributed by atoms with Crippen molar-refractivity contribution in [2.45, 2.75) is 13.0 Å². The smallest absolute Gasteiger partial charge is 0.414 e. The number of carbonyl (C=O) groups excluding carboxylic acids is 1. The number of fused-ring (bicyclic) bond motifs is 1. The number of nitrogens with one attached hydrogen (secondary N) is 2. The van der Waals surface area contributed by atoms with Crippen LogP contribution in [0, 0.1) is 5.82 Å². The number of carbonyl (C=O) groups is 1. The summed E-state index contributed by atoms with van der Waals surface area (Å²) in [5, 5.41) is 0.521. The summed E-state index contributed by atoms with van der Waals surface area (Å²) in [5.74, 6) is -0.699. The van der Waals surface area contributed by atoms with E-state index in [0.29, 0.717) is 24.0 Å². The van der Waals surface area contributed by atoms with Gasteiger partial charge in [0.2, 0.25) is 10.0 Å². The van der Waals surface area contributed by atoms with Gasteiger partial charge in [-0.25, -0.2) is 27.1 Å². The Morgan fingerprint density at radius 1 is 1.10 bits per heavy atom. The first kappa shape index (κ1) is 31.4. The predicted molar refractivity (Wildman–Crippen MR) is 159 cm³/mol. The van der Waals surface area contributed by atoms with Gasteiger partial charge in [0.1, 0.15) is 11.3 Å². The number of halogens is 1. The number of hydrogen-bond acceptors (Lipinski definition) is 9. The molecule has 3 aromatic rings. The SMILES string of the molecule is CNS(=O)(=O)Nc1cccc(Cc2c(CN3CCN(S(C)(=O)=O)CC3)c3ccc(OC(=O)N(C)C)cc3oc2=O)c1F.[HH].[HH]. The maximum Gasteiger partial charge on any atom is 0.414 e. The summed E-state index contributed by atoms with van der Waals surface area (Å²) in [6.07, 6.45) is 0.313. The number of amides is 1. The van der Waals surface area contributed by atoms with E-state index in [-0.39, 0.29) is 57.1 Å². The van der Waals surface area contributed by atoms with Crippen LogP contribution in [-0.4, -0.2) is 90.6 Å². The molecule has 1 saturated heterocycles. The number of piperazine rings is 1. The number of hydrogen-bond donors (Lipinski definition) is 2. The summed E-state index contributed by atoms with van der Waals surface area (Å²) >= 11 is 0.